The van der Waals surface area contributed by atoms with Gasteiger partial charge in [0.1, 0.15) is 11.6 Å². The summed E-state index contributed by atoms with van der Waals surface area (Å²) in [5.41, 5.74) is 0.823. The smallest absolute Gasteiger partial charge is 0.268 e. The first kappa shape index (κ1) is 14.8. The molecule has 1 aliphatic rings. The van der Waals surface area contributed by atoms with E-state index in [2.05, 4.69) is 18.7 Å². The van der Waals surface area contributed by atoms with Crippen LogP contribution in [-0.2, 0) is 11.3 Å². The first-order chi connectivity index (χ1) is 9.52. The molecule has 1 atom stereocenters. The van der Waals surface area contributed by atoms with Crippen molar-refractivity contribution in [1.29, 1.82) is 5.26 Å². The zero-order chi connectivity index (χ0) is 14.7. The van der Waals surface area contributed by atoms with E-state index in [0.29, 0.717) is 19.2 Å². The van der Waals surface area contributed by atoms with Gasteiger partial charge in [-0.05, 0) is 32.9 Å². The molecule has 5 nitrogen and oxygen atoms in total. The molecule has 0 amide bonds. The third-order valence-corrected chi connectivity index (χ3v) is 3.80. The van der Waals surface area contributed by atoms with Crippen LogP contribution >= 0.6 is 0 Å². The number of hydrogen-bond acceptors (Lipinski definition) is 4. The topological polar surface area (TPSA) is 58.3 Å². The summed E-state index contributed by atoms with van der Waals surface area (Å²) in [6, 6.07) is 5.81. The van der Waals surface area contributed by atoms with Gasteiger partial charge in [-0.15, -0.1) is 0 Å². The largest absolute Gasteiger partial charge is 0.374 e. The normalized spacial score (nSPS) is 20.1. The van der Waals surface area contributed by atoms with Crippen molar-refractivity contribution in [2.75, 3.05) is 19.7 Å². The molecule has 2 rings (SSSR count). The van der Waals surface area contributed by atoms with E-state index in [1.807, 2.05) is 19.1 Å². The van der Waals surface area contributed by atoms with Crippen LogP contribution in [0.15, 0.2) is 16.9 Å². The molecule has 0 N–H and O–H groups in total. The van der Waals surface area contributed by atoms with Crippen LogP contribution in [0.4, 0.5) is 0 Å². The molecular formula is C15H21N3O2. The molecule has 0 spiro atoms. The molecule has 1 aromatic rings. The SMILES string of the molecule is Cc1ccc(C#N)c(=O)n1CC1CN(C(C)C)CCO1. The maximum absolute atomic E-state index is 12.2. The summed E-state index contributed by atoms with van der Waals surface area (Å²) >= 11 is 0. The van der Waals surface area contributed by atoms with E-state index in [1.165, 1.54) is 0 Å². The van der Waals surface area contributed by atoms with Gasteiger partial charge in [-0.2, -0.15) is 5.26 Å². The Morgan fingerprint density at radius 3 is 2.90 bits per heavy atom. The number of pyridine rings is 1. The Bertz CT molecular complexity index is 571. The van der Waals surface area contributed by atoms with Crippen LogP contribution in [0.25, 0.3) is 0 Å². The highest BCUT2D eigenvalue weighted by molar-refractivity contribution is 5.27. The number of hydrogen-bond donors (Lipinski definition) is 0. The Morgan fingerprint density at radius 1 is 1.50 bits per heavy atom. The molecule has 5 heteroatoms. The van der Waals surface area contributed by atoms with Crippen molar-refractivity contribution in [3.63, 3.8) is 0 Å². The van der Waals surface area contributed by atoms with Crippen LogP contribution in [0.5, 0.6) is 0 Å². The van der Waals surface area contributed by atoms with Gasteiger partial charge in [-0.25, -0.2) is 0 Å². The predicted octanol–water partition coefficient (Wildman–Crippen LogP) is 1.14. The molecular weight excluding hydrogens is 254 g/mol. The molecule has 2 heterocycles. The molecule has 108 valence electrons. The van der Waals surface area contributed by atoms with E-state index in [1.54, 1.807) is 10.6 Å². The number of morpholine rings is 1. The minimum Gasteiger partial charge on any atom is -0.374 e. The third kappa shape index (κ3) is 3.09. The fraction of sp³-hybridized carbons (Fsp3) is 0.600. The monoisotopic (exact) mass is 275 g/mol. The minimum atomic E-state index is -0.224. The van der Waals surface area contributed by atoms with Crippen LogP contribution in [0.1, 0.15) is 25.1 Å². The number of nitrogens with zero attached hydrogens (tertiary/aromatic N) is 3. The van der Waals surface area contributed by atoms with E-state index in [-0.39, 0.29) is 17.2 Å². The Morgan fingerprint density at radius 2 is 2.25 bits per heavy atom. The second kappa shape index (κ2) is 6.21. The lowest BCUT2D eigenvalue weighted by atomic mass is 10.2. The van der Waals surface area contributed by atoms with Crippen LogP contribution < -0.4 is 5.56 Å². The number of rotatable bonds is 3. The molecule has 1 unspecified atom stereocenters. The molecule has 1 saturated heterocycles. The standard InChI is InChI=1S/C15H21N3O2/c1-11(2)17-6-7-20-14(9-17)10-18-12(3)4-5-13(8-16)15(18)19/h4-5,11,14H,6-7,9-10H2,1-3H3. The molecule has 20 heavy (non-hydrogen) atoms. The Hall–Kier alpha value is -1.64. The first-order valence-electron chi connectivity index (χ1n) is 6.99. The van der Waals surface area contributed by atoms with E-state index in [4.69, 9.17) is 10.00 Å². The number of aryl methyl sites for hydroxylation is 1. The lowest BCUT2D eigenvalue weighted by Crippen LogP contribution is -2.48. The van der Waals surface area contributed by atoms with Crippen molar-refractivity contribution >= 4 is 0 Å². The van der Waals surface area contributed by atoms with E-state index in [0.717, 1.165) is 18.8 Å². The summed E-state index contributed by atoms with van der Waals surface area (Å²) in [5, 5.41) is 8.95. The molecule has 1 fully saturated rings. The fourth-order valence-corrected chi connectivity index (χ4v) is 2.51. The highest BCUT2D eigenvalue weighted by Gasteiger charge is 2.23. The average Bonchev–Trinajstić information content (AvgIpc) is 2.44. The van der Waals surface area contributed by atoms with E-state index >= 15 is 0 Å². The minimum absolute atomic E-state index is 0.00325. The van der Waals surface area contributed by atoms with Gasteiger partial charge in [-0.3, -0.25) is 9.69 Å². The molecule has 1 aliphatic heterocycles. The highest BCUT2D eigenvalue weighted by atomic mass is 16.5. The Labute approximate surface area is 119 Å². The molecule has 0 aliphatic carbocycles. The van der Waals surface area contributed by atoms with Gasteiger partial charge in [0, 0.05) is 24.8 Å². The second-order valence-electron chi connectivity index (χ2n) is 5.50. The number of ether oxygens (including phenoxy) is 1. The van der Waals surface area contributed by atoms with Crippen LogP contribution in [0.2, 0.25) is 0 Å². The lowest BCUT2D eigenvalue weighted by Gasteiger charge is -2.35. The Balaban J connectivity index is 2.18. The summed E-state index contributed by atoms with van der Waals surface area (Å²) in [5.74, 6) is 0. The van der Waals surface area contributed by atoms with Gasteiger partial charge < -0.3 is 9.30 Å². The van der Waals surface area contributed by atoms with Gasteiger partial charge in [0.2, 0.25) is 0 Å². The van der Waals surface area contributed by atoms with Crippen molar-refractivity contribution < 1.29 is 4.74 Å². The molecule has 0 bridgehead atoms. The summed E-state index contributed by atoms with van der Waals surface area (Å²) in [7, 11) is 0. The summed E-state index contributed by atoms with van der Waals surface area (Å²) < 4.78 is 7.41. The zero-order valence-corrected chi connectivity index (χ0v) is 12.3. The lowest BCUT2D eigenvalue weighted by molar-refractivity contribution is -0.0462. The van der Waals surface area contributed by atoms with Crippen molar-refractivity contribution in [2.45, 2.75) is 39.5 Å². The molecule has 0 radical (unpaired) electrons. The number of aromatic nitrogens is 1. The van der Waals surface area contributed by atoms with Gasteiger partial charge in [-0.1, -0.05) is 0 Å². The van der Waals surface area contributed by atoms with Crippen LogP contribution in [0, 0.1) is 18.3 Å². The quantitative estimate of drug-likeness (QED) is 0.830. The maximum Gasteiger partial charge on any atom is 0.268 e. The van der Waals surface area contributed by atoms with Gasteiger partial charge in [0.25, 0.3) is 5.56 Å². The molecule has 0 saturated carbocycles. The molecule has 1 aromatic heterocycles. The first-order valence-corrected chi connectivity index (χ1v) is 6.99. The van der Waals surface area contributed by atoms with Crippen LogP contribution in [0.3, 0.4) is 0 Å². The second-order valence-corrected chi connectivity index (χ2v) is 5.50. The van der Waals surface area contributed by atoms with Crippen molar-refractivity contribution in [1.82, 2.24) is 9.47 Å². The highest BCUT2D eigenvalue weighted by Crippen LogP contribution is 2.11. The van der Waals surface area contributed by atoms with Crippen molar-refractivity contribution in [3.8, 4) is 6.07 Å². The fourth-order valence-electron chi connectivity index (χ4n) is 2.51. The molecule has 0 aromatic carbocycles. The average molecular weight is 275 g/mol. The van der Waals surface area contributed by atoms with Gasteiger partial charge >= 0.3 is 0 Å². The summed E-state index contributed by atoms with van der Waals surface area (Å²) in [6.07, 6.45) is -0.00325. The summed E-state index contributed by atoms with van der Waals surface area (Å²) in [6.45, 7) is 9.15. The van der Waals surface area contributed by atoms with Crippen LogP contribution in [-0.4, -0.2) is 41.3 Å². The van der Waals surface area contributed by atoms with Gasteiger partial charge in [0.15, 0.2) is 0 Å². The summed E-state index contributed by atoms with van der Waals surface area (Å²) in [4.78, 5) is 14.5. The maximum atomic E-state index is 12.2. The Kier molecular flexibility index (Phi) is 4.58. The van der Waals surface area contributed by atoms with E-state index in [9.17, 15) is 4.79 Å². The van der Waals surface area contributed by atoms with Crippen molar-refractivity contribution in [2.24, 2.45) is 0 Å². The predicted molar refractivity (Wildman–Crippen MR) is 76.6 cm³/mol. The van der Waals surface area contributed by atoms with Crippen molar-refractivity contribution in [3.05, 3.63) is 33.7 Å². The number of nitriles is 1. The van der Waals surface area contributed by atoms with E-state index < -0.39 is 0 Å². The third-order valence-electron chi connectivity index (χ3n) is 3.80. The zero-order valence-electron chi connectivity index (χ0n) is 12.3. The van der Waals surface area contributed by atoms with Gasteiger partial charge in [0.05, 0.1) is 19.3 Å².